The Kier molecular flexibility index (Phi) is 11.3. The highest BCUT2D eigenvalue weighted by atomic mass is 35.5. The number of anilines is 1. The number of amides is 2. The van der Waals surface area contributed by atoms with Crippen LogP contribution in [-0.2, 0) is 30.7 Å². The second-order valence-electron chi connectivity index (χ2n) is 12.8. The van der Waals surface area contributed by atoms with Gasteiger partial charge in [0.25, 0.3) is 0 Å². The maximum atomic E-state index is 15.4. The summed E-state index contributed by atoms with van der Waals surface area (Å²) < 4.78 is 53.9. The molecule has 2 amide bonds. The van der Waals surface area contributed by atoms with Crippen LogP contribution in [0.25, 0.3) is 0 Å². The molecule has 3 aliphatic rings. The zero-order chi connectivity index (χ0) is 33.0. The lowest BCUT2D eigenvalue weighted by Gasteiger charge is -2.40. The number of methoxy groups -OCH3 is 1. The monoisotopic (exact) mass is 678 g/mol. The van der Waals surface area contributed by atoms with Crippen molar-refractivity contribution in [2.24, 2.45) is 5.92 Å². The van der Waals surface area contributed by atoms with Crippen molar-refractivity contribution in [1.29, 1.82) is 0 Å². The molecule has 2 aromatic carbocycles. The highest BCUT2D eigenvalue weighted by Gasteiger charge is 2.41. The molecular weight excluding hydrogens is 635 g/mol. The SMILES string of the molecule is COC(=O)N[C@H](C(=O)Nc1cccc(F)c1CC[C@H]1CN[C@@H]2CCCS(=O)(=O)N1C2)[C@@H](c1ccc(Cl)cc1)C1C[C@@H](C)O[C@@H](C)C1. The Hall–Kier alpha value is -2.77. The number of piperazine rings is 1. The average Bonchev–Trinajstić information content (AvgIpc) is 3.12. The predicted octanol–water partition coefficient (Wildman–Crippen LogP) is 4.83. The number of halogens is 2. The summed E-state index contributed by atoms with van der Waals surface area (Å²) in [5, 5.41) is 9.65. The molecule has 0 aromatic heterocycles. The Balaban J connectivity index is 1.42. The summed E-state index contributed by atoms with van der Waals surface area (Å²) in [6, 6.07) is 10.4. The predicted molar refractivity (Wildman–Crippen MR) is 175 cm³/mol. The van der Waals surface area contributed by atoms with Crippen molar-refractivity contribution in [2.45, 2.75) is 88.6 Å². The first-order chi connectivity index (χ1) is 21.9. The molecule has 0 saturated carbocycles. The first-order valence-corrected chi connectivity index (χ1v) is 18.0. The van der Waals surface area contributed by atoms with Crippen LogP contribution in [0.15, 0.2) is 42.5 Å². The Morgan fingerprint density at radius 2 is 1.87 bits per heavy atom. The van der Waals surface area contributed by atoms with Crippen molar-refractivity contribution >= 4 is 39.3 Å². The summed E-state index contributed by atoms with van der Waals surface area (Å²) in [5.74, 6) is -1.44. The average molecular weight is 679 g/mol. The molecule has 3 N–H and O–H groups in total. The molecule has 2 aromatic rings. The number of hydrogen-bond donors (Lipinski definition) is 3. The minimum absolute atomic E-state index is 0.0435. The minimum atomic E-state index is -3.41. The van der Waals surface area contributed by atoms with E-state index in [0.717, 1.165) is 12.0 Å². The molecule has 13 heteroatoms. The molecule has 3 heterocycles. The molecule has 3 saturated heterocycles. The second-order valence-corrected chi connectivity index (χ2v) is 15.2. The number of alkyl carbamates (subject to hydrolysis) is 1. The summed E-state index contributed by atoms with van der Waals surface area (Å²) in [6.07, 6.45) is 2.42. The van der Waals surface area contributed by atoms with E-state index < -0.39 is 39.8 Å². The van der Waals surface area contributed by atoms with Crippen molar-refractivity contribution < 1.29 is 31.9 Å². The summed E-state index contributed by atoms with van der Waals surface area (Å²) in [4.78, 5) is 26.9. The van der Waals surface area contributed by atoms with E-state index in [-0.39, 0.29) is 53.6 Å². The van der Waals surface area contributed by atoms with Gasteiger partial charge in [-0.15, -0.1) is 0 Å². The van der Waals surface area contributed by atoms with Gasteiger partial charge in [-0.2, -0.15) is 4.31 Å². The molecule has 0 spiro atoms. The number of rotatable bonds is 9. The number of benzene rings is 2. The van der Waals surface area contributed by atoms with Gasteiger partial charge < -0.3 is 25.4 Å². The van der Waals surface area contributed by atoms with E-state index in [1.807, 2.05) is 26.0 Å². The molecule has 0 radical (unpaired) electrons. The van der Waals surface area contributed by atoms with Crippen molar-refractivity contribution in [1.82, 2.24) is 14.9 Å². The molecule has 252 valence electrons. The molecule has 2 unspecified atom stereocenters. The van der Waals surface area contributed by atoms with Crippen LogP contribution in [0.4, 0.5) is 14.9 Å². The highest BCUT2D eigenvalue weighted by molar-refractivity contribution is 7.89. The van der Waals surface area contributed by atoms with Gasteiger partial charge in [-0.1, -0.05) is 29.8 Å². The van der Waals surface area contributed by atoms with E-state index in [9.17, 15) is 18.0 Å². The molecule has 8 atom stereocenters. The fourth-order valence-electron chi connectivity index (χ4n) is 7.37. The van der Waals surface area contributed by atoms with Crippen LogP contribution in [0.2, 0.25) is 5.02 Å². The highest BCUT2D eigenvalue weighted by Crippen LogP contribution is 2.40. The number of ether oxygens (including phenoxy) is 2. The number of sulfonamides is 1. The van der Waals surface area contributed by atoms with E-state index in [0.29, 0.717) is 43.8 Å². The van der Waals surface area contributed by atoms with Gasteiger partial charge in [0, 0.05) is 47.4 Å². The van der Waals surface area contributed by atoms with Crippen LogP contribution in [0.3, 0.4) is 0 Å². The van der Waals surface area contributed by atoms with E-state index in [2.05, 4.69) is 16.0 Å². The fraction of sp³-hybridized carbons (Fsp3) is 0.576. The first-order valence-electron chi connectivity index (χ1n) is 16.0. The number of carbonyl (C=O) groups excluding carboxylic acids is 2. The molecule has 5 rings (SSSR count). The molecule has 0 aliphatic carbocycles. The van der Waals surface area contributed by atoms with Crippen LogP contribution >= 0.6 is 11.6 Å². The first kappa shape index (κ1) is 34.6. The number of hydrogen-bond acceptors (Lipinski definition) is 7. The van der Waals surface area contributed by atoms with E-state index in [1.165, 1.54) is 19.2 Å². The Morgan fingerprint density at radius 1 is 1.15 bits per heavy atom. The lowest BCUT2D eigenvalue weighted by atomic mass is 9.74. The van der Waals surface area contributed by atoms with Gasteiger partial charge in [-0.05, 0) is 88.1 Å². The Morgan fingerprint density at radius 3 is 2.57 bits per heavy atom. The van der Waals surface area contributed by atoms with Gasteiger partial charge in [0.15, 0.2) is 0 Å². The summed E-state index contributed by atoms with van der Waals surface area (Å²) in [6.45, 7) is 4.87. The number of carbonyl (C=O) groups is 2. The maximum absolute atomic E-state index is 15.4. The van der Waals surface area contributed by atoms with Gasteiger partial charge in [-0.25, -0.2) is 17.6 Å². The molecular formula is C33H44ClFN4O6S. The van der Waals surface area contributed by atoms with Crippen LogP contribution < -0.4 is 16.0 Å². The van der Waals surface area contributed by atoms with Crippen LogP contribution in [0, 0.1) is 11.7 Å². The van der Waals surface area contributed by atoms with Gasteiger partial charge in [-0.3, -0.25) is 4.79 Å². The standard InChI is InChI=1S/C33H44ClFN4O6S/c1-20-16-23(17-21(2)45-20)30(22-9-11-24(34)12-10-22)31(38-33(41)44-3)32(40)37-29-8-4-7-28(35)27(29)14-13-26-18-36-25-6-5-15-46(42,43)39(26)19-25/h4,7-12,20-21,23,25-26,30-31,36H,5-6,13-19H2,1-3H3,(H,37,40)(H,38,41)/t20-,21+,23?,25-,26+,30+,31+/m1/s1. The molecule has 3 fully saturated rings. The topological polar surface area (TPSA) is 126 Å². The van der Waals surface area contributed by atoms with Crippen molar-refractivity contribution in [2.75, 3.05) is 31.3 Å². The minimum Gasteiger partial charge on any atom is -0.453 e. The third kappa shape index (κ3) is 8.20. The van der Waals surface area contributed by atoms with Crippen molar-refractivity contribution in [3.63, 3.8) is 0 Å². The van der Waals surface area contributed by atoms with E-state index >= 15 is 4.39 Å². The quantitative estimate of drug-likeness (QED) is 0.347. The van der Waals surface area contributed by atoms with Crippen LogP contribution in [-0.4, -0.2) is 81.0 Å². The lowest BCUT2D eigenvalue weighted by molar-refractivity contribution is -0.120. The molecule has 3 aliphatic heterocycles. The largest absolute Gasteiger partial charge is 0.453 e. The summed E-state index contributed by atoms with van der Waals surface area (Å²) >= 11 is 6.21. The summed E-state index contributed by atoms with van der Waals surface area (Å²) in [5.41, 5.74) is 1.36. The van der Waals surface area contributed by atoms with Gasteiger partial charge in [0.05, 0.1) is 25.1 Å². The van der Waals surface area contributed by atoms with E-state index in [4.69, 9.17) is 21.1 Å². The van der Waals surface area contributed by atoms with E-state index in [1.54, 1.807) is 22.5 Å². The third-order valence-corrected chi connectivity index (χ3v) is 11.7. The van der Waals surface area contributed by atoms with Gasteiger partial charge in [0.2, 0.25) is 15.9 Å². The van der Waals surface area contributed by atoms with Gasteiger partial charge in [0.1, 0.15) is 11.9 Å². The zero-order valence-corrected chi connectivity index (χ0v) is 28.1. The second kappa shape index (κ2) is 15.0. The lowest BCUT2D eigenvalue weighted by Crippen LogP contribution is -2.57. The third-order valence-electron chi connectivity index (χ3n) is 9.46. The Bertz CT molecular complexity index is 1490. The molecule has 10 nitrogen and oxygen atoms in total. The smallest absolute Gasteiger partial charge is 0.407 e. The van der Waals surface area contributed by atoms with Gasteiger partial charge >= 0.3 is 6.09 Å². The maximum Gasteiger partial charge on any atom is 0.407 e. The zero-order valence-electron chi connectivity index (χ0n) is 26.5. The fourth-order valence-corrected chi connectivity index (χ4v) is 9.31. The Labute approximate surface area is 275 Å². The molecule has 2 bridgehead atoms. The van der Waals surface area contributed by atoms with Crippen LogP contribution in [0.5, 0.6) is 0 Å². The number of nitrogens with zero attached hydrogens (tertiary/aromatic N) is 1. The number of nitrogens with one attached hydrogen (secondary N) is 3. The van der Waals surface area contributed by atoms with Crippen LogP contribution in [0.1, 0.15) is 63.0 Å². The van der Waals surface area contributed by atoms with Crippen molar-refractivity contribution in [3.8, 4) is 0 Å². The van der Waals surface area contributed by atoms with Crippen molar-refractivity contribution in [3.05, 3.63) is 64.4 Å². The summed E-state index contributed by atoms with van der Waals surface area (Å²) in [7, 11) is -2.17. The molecule has 46 heavy (non-hydrogen) atoms. The normalized spacial score (nSPS) is 28.7. The number of fused-ring (bicyclic) bond motifs is 2.